The number of alkyl halides is 2. The van der Waals surface area contributed by atoms with Gasteiger partial charge in [0.15, 0.2) is 6.10 Å². The minimum Gasteiger partial charge on any atom is -0.449 e. The second-order valence-electron chi connectivity index (χ2n) is 6.60. The molecule has 6 nitrogen and oxygen atoms in total. The van der Waals surface area contributed by atoms with Gasteiger partial charge in [0, 0.05) is 12.2 Å². The third-order valence-electron chi connectivity index (χ3n) is 4.66. The Morgan fingerprint density at radius 1 is 1.07 bits per heavy atom. The third-order valence-corrected chi connectivity index (χ3v) is 6.06. The van der Waals surface area contributed by atoms with Gasteiger partial charge in [-0.05, 0) is 55.7 Å². The molecule has 1 aliphatic heterocycles. The predicted octanol–water partition coefficient (Wildman–Crippen LogP) is 3.21. The molecule has 3 rings (SSSR count). The van der Waals surface area contributed by atoms with Gasteiger partial charge >= 0.3 is 11.7 Å². The van der Waals surface area contributed by atoms with E-state index in [9.17, 15) is 26.8 Å². The van der Waals surface area contributed by atoms with E-state index in [2.05, 4.69) is 0 Å². The summed E-state index contributed by atoms with van der Waals surface area (Å²) in [5.74, 6) is -4.77. The SMILES string of the molecule is C[C@H](OC(=O)c1ccc(S(=O)(=O)C(F)F)cc1)C(=O)N1CCCc2ccccc21. The van der Waals surface area contributed by atoms with Gasteiger partial charge in [-0.3, -0.25) is 4.79 Å². The number of anilines is 1. The fourth-order valence-corrected chi connectivity index (χ4v) is 3.87. The van der Waals surface area contributed by atoms with E-state index in [-0.39, 0.29) is 11.5 Å². The first-order valence-electron chi connectivity index (χ1n) is 8.94. The number of para-hydroxylation sites is 1. The van der Waals surface area contributed by atoms with Gasteiger partial charge < -0.3 is 9.64 Å². The van der Waals surface area contributed by atoms with Crippen molar-refractivity contribution in [1.82, 2.24) is 0 Å². The van der Waals surface area contributed by atoms with Crippen molar-refractivity contribution in [3.63, 3.8) is 0 Å². The van der Waals surface area contributed by atoms with Crippen LogP contribution in [0.5, 0.6) is 0 Å². The van der Waals surface area contributed by atoms with Crippen molar-refractivity contribution in [2.75, 3.05) is 11.4 Å². The molecule has 0 radical (unpaired) electrons. The molecular formula is C20H19F2NO5S. The number of ether oxygens (including phenoxy) is 1. The lowest BCUT2D eigenvalue weighted by Gasteiger charge is -2.31. The van der Waals surface area contributed by atoms with Crippen LogP contribution >= 0.6 is 0 Å². The van der Waals surface area contributed by atoms with Gasteiger partial charge in [-0.1, -0.05) is 18.2 Å². The van der Waals surface area contributed by atoms with Gasteiger partial charge in [0.05, 0.1) is 10.5 Å². The van der Waals surface area contributed by atoms with Crippen molar-refractivity contribution >= 4 is 27.4 Å². The topological polar surface area (TPSA) is 80.8 Å². The molecule has 0 saturated carbocycles. The number of amides is 1. The first-order chi connectivity index (χ1) is 13.7. The molecule has 2 aromatic rings. The van der Waals surface area contributed by atoms with Crippen LogP contribution in [0, 0.1) is 0 Å². The van der Waals surface area contributed by atoms with E-state index in [4.69, 9.17) is 4.74 Å². The zero-order chi connectivity index (χ0) is 21.2. The van der Waals surface area contributed by atoms with Gasteiger partial charge in [0.25, 0.3) is 5.91 Å². The quantitative estimate of drug-likeness (QED) is 0.690. The van der Waals surface area contributed by atoms with Crippen LogP contribution in [-0.4, -0.2) is 38.7 Å². The highest BCUT2D eigenvalue weighted by atomic mass is 32.2. The van der Waals surface area contributed by atoms with E-state index < -0.39 is 32.6 Å². The van der Waals surface area contributed by atoms with E-state index in [1.54, 1.807) is 4.90 Å². The normalized spacial score (nSPS) is 15.0. The van der Waals surface area contributed by atoms with Gasteiger partial charge in [-0.15, -0.1) is 0 Å². The van der Waals surface area contributed by atoms with Crippen LogP contribution in [0.2, 0.25) is 0 Å². The summed E-state index contributed by atoms with van der Waals surface area (Å²) in [7, 11) is -4.75. The molecule has 154 valence electrons. The minimum absolute atomic E-state index is 0.0445. The minimum atomic E-state index is -4.75. The molecule has 2 aromatic carbocycles. The molecule has 1 atom stereocenters. The molecule has 1 aliphatic rings. The van der Waals surface area contributed by atoms with E-state index in [1.807, 2.05) is 24.3 Å². The molecule has 0 N–H and O–H groups in total. The largest absolute Gasteiger partial charge is 0.449 e. The number of carbonyl (C=O) groups excluding carboxylic acids is 2. The number of nitrogens with zero attached hydrogens (tertiary/aromatic N) is 1. The van der Waals surface area contributed by atoms with Gasteiger partial charge in [-0.25, -0.2) is 13.2 Å². The van der Waals surface area contributed by atoms with Crippen molar-refractivity contribution < 1.29 is 31.5 Å². The average Bonchev–Trinajstić information content (AvgIpc) is 2.72. The second-order valence-corrected chi connectivity index (χ2v) is 8.52. The maximum Gasteiger partial charge on any atom is 0.341 e. The molecular weight excluding hydrogens is 404 g/mol. The smallest absolute Gasteiger partial charge is 0.341 e. The van der Waals surface area contributed by atoms with E-state index in [1.165, 1.54) is 6.92 Å². The van der Waals surface area contributed by atoms with E-state index in [0.717, 1.165) is 48.4 Å². The molecule has 0 bridgehead atoms. The van der Waals surface area contributed by atoms with Crippen LogP contribution < -0.4 is 4.90 Å². The van der Waals surface area contributed by atoms with Gasteiger partial charge in [0.2, 0.25) is 9.84 Å². The van der Waals surface area contributed by atoms with Crippen molar-refractivity contribution in [2.24, 2.45) is 0 Å². The Bertz CT molecular complexity index is 1020. The Labute approximate surface area is 167 Å². The number of hydrogen-bond acceptors (Lipinski definition) is 5. The first kappa shape index (κ1) is 20.9. The third kappa shape index (κ3) is 4.29. The molecule has 9 heteroatoms. The fraction of sp³-hybridized carbons (Fsp3) is 0.300. The van der Waals surface area contributed by atoms with Crippen molar-refractivity contribution in [3.8, 4) is 0 Å². The number of fused-ring (bicyclic) bond motifs is 1. The summed E-state index contributed by atoms with van der Waals surface area (Å²) in [6, 6.07) is 11.5. The van der Waals surface area contributed by atoms with Crippen molar-refractivity contribution in [1.29, 1.82) is 0 Å². The molecule has 0 spiro atoms. The van der Waals surface area contributed by atoms with Crippen LogP contribution in [0.4, 0.5) is 14.5 Å². The molecule has 0 unspecified atom stereocenters. The van der Waals surface area contributed by atoms with Crippen LogP contribution in [0.1, 0.15) is 29.3 Å². The lowest BCUT2D eigenvalue weighted by molar-refractivity contribution is -0.126. The van der Waals surface area contributed by atoms with Crippen LogP contribution in [-0.2, 0) is 25.8 Å². The summed E-state index contributed by atoms with van der Waals surface area (Å²) in [5, 5.41) is 0. The van der Waals surface area contributed by atoms with Crippen LogP contribution in [0.25, 0.3) is 0 Å². The molecule has 0 fully saturated rings. The number of sulfone groups is 1. The zero-order valence-corrected chi connectivity index (χ0v) is 16.4. The lowest BCUT2D eigenvalue weighted by atomic mass is 10.0. The highest BCUT2D eigenvalue weighted by Crippen LogP contribution is 2.27. The molecule has 0 aliphatic carbocycles. The highest BCUT2D eigenvalue weighted by Gasteiger charge is 2.29. The molecule has 1 amide bonds. The van der Waals surface area contributed by atoms with E-state index >= 15 is 0 Å². The molecule has 0 saturated heterocycles. The summed E-state index contributed by atoms with van der Waals surface area (Å²) < 4.78 is 53.2. The monoisotopic (exact) mass is 423 g/mol. The number of halogens is 2. The number of aryl methyl sites for hydroxylation is 1. The maximum atomic E-state index is 12.8. The Kier molecular flexibility index (Phi) is 5.97. The Morgan fingerprint density at radius 3 is 2.38 bits per heavy atom. The predicted molar refractivity (Wildman–Crippen MR) is 102 cm³/mol. The van der Waals surface area contributed by atoms with Gasteiger partial charge in [0.1, 0.15) is 0 Å². The number of benzene rings is 2. The van der Waals surface area contributed by atoms with Crippen LogP contribution in [0.3, 0.4) is 0 Å². The summed E-state index contributed by atoms with van der Waals surface area (Å²) in [6.07, 6.45) is 0.587. The summed E-state index contributed by atoms with van der Waals surface area (Å²) in [6.45, 7) is 1.96. The zero-order valence-electron chi connectivity index (χ0n) is 15.5. The Morgan fingerprint density at radius 2 is 1.72 bits per heavy atom. The standard InChI is InChI=1S/C20H19F2NO5S/c1-13(18(24)23-12-4-6-14-5-2-3-7-17(14)23)28-19(25)15-8-10-16(11-9-15)29(26,27)20(21)22/h2-3,5,7-11,13,20H,4,6,12H2,1H3/t13-/m0/s1. The van der Waals surface area contributed by atoms with E-state index in [0.29, 0.717) is 6.54 Å². The number of esters is 1. The maximum absolute atomic E-state index is 12.8. The number of rotatable bonds is 5. The van der Waals surface area contributed by atoms with Gasteiger partial charge in [-0.2, -0.15) is 8.78 Å². The summed E-state index contributed by atoms with van der Waals surface area (Å²) >= 11 is 0. The molecule has 0 aromatic heterocycles. The second kappa shape index (κ2) is 8.28. The summed E-state index contributed by atoms with van der Waals surface area (Å²) in [4.78, 5) is 26.0. The average molecular weight is 423 g/mol. The summed E-state index contributed by atoms with van der Waals surface area (Å²) in [5.41, 5.74) is 1.78. The van der Waals surface area contributed by atoms with Crippen molar-refractivity contribution in [3.05, 3.63) is 59.7 Å². The van der Waals surface area contributed by atoms with Crippen molar-refractivity contribution in [2.45, 2.75) is 36.5 Å². The Hall–Kier alpha value is -2.81. The number of hydrogen-bond donors (Lipinski definition) is 0. The van der Waals surface area contributed by atoms with Crippen LogP contribution in [0.15, 0.2) is 53.4 Å². The number of carbonyl (C=O) groups is 2. The molecule has 1 heterocycles. The highest BCUT2D eigenvalue weighted by molar-refractivity contribution is 7.91. The Balaban J connectivity index is 1.70. The first-order valence-corrected chi connectivity index (χ1v) is 10.5. The fourth-order valence-electron chi connectivity index (χ4n) is 3.14. The molecule has 29 heavy (non-hydrogen) atoms. The lowest BCUT2D eigenvalue weighted by Crippen LogP contribution is -2.42.